The topological polar surface area (TPSA) is 26.0 Å². The molecule has 0 heterocycles. The summed E-state index contributed by atoms with van der Waals surface area (Å²) in [6, 6.07) is 0. The van der Waals surface area contributed by atoms with Crippen LogP contribution in [0.25, 0.3) is 0 Å². The van der Waals surface area contributed by atoms with E-state index in [9.17, 15) is 4.39 Å². The van der Waals surface area contributed by atoms with E-state index < -0.39 is 10.9 Å². The van der Waals surface area contributed by atoms with E-state index in [1.54, 1.807) is 6.92 Å². The zero-order chi connectivity index (χ0) is 5.71. The van der Waals surface area contributed by atoms with E-state index >= 15 is 0 Å². The highest BCUT2D eigenvalue weighted by atomic mass is 31.0. The molecule has 0 spiro atoms. The van der Waals surface area contributed by atoms with E-state index in [1.807, 2.05) is 0 Å². The van der Waals surface area contributed by atoms with Gasteiger partial charge in [-0.1, -0.05) is 9.24 Å². The molecule has 1 aliphatic rings. The van der Waals surface area contributed by atoms with E-state index in [0.29, 0.717) is 6.42 Å². The summed E-state index contributed by atoms with van der Waals surface area (Å²) < 4.78 is 12.4. The molecule has 0 aromatic heterocycles. The molecule has 1 nitrogen and oxygen atoms in total. The fourth-order valence-electron chi connectivity index (χ4n) is 0.490. The smallest absolute Gasteiger partial charge is 0.143 e. The number of hydrogen-bond acceptors (Lipinski definition) is 1. The third kappa shape index (κ3) is 0.665. The molecule has 0 saturated heterocycles. The first-order chi connectivity index (χ1) is 2.96. The molecule has 3 heteroatoms. The third-order valence-electron chi connectivity index (χ3n) is 1.45. The maximum absolute atomic E-state index is 12.4. The molecule has 0 aromatic rings. The zero-order valence-corrected chi connectivity index (χ0v) is 5.39. The molecular weight excluding hydrogens is 112 g/mol. The van der Waals surface area contributed by atoms with Crippen molar-refractivity contribution in [2.45, 2.75) is 24.3 Å². The molecule has 3 atom stereocenters. The minimum absolute atomic E-state index is 0.477. The Morgan fingerprint density at radius 2 is 2.00 bits per heavy atom. The van der Waals surface area contributed by atoms with Gasteiger partial charge in [0.2, 0.25) is 0 Å². The van der Waals surface area contributed by atoms with Crippen molar-refractivity contribution in [1.29, 1.82) is 0 Å². The Morgan fingerprint density at radius 1 is 1.86 bits per heavy atom. The van der Waals surface area contributed by atoms with Crippen molar-refractivity contribution < 1.29 is 4.39 Å². The monoisotopic (exact) mass is 121 g/mol. The molecule has 0 aliphatic heterocycles. The van der Waals surface area contributed by atoms with Crippen molar-refractivity contribution in [2.75, 3.05) is 0 Å². The maximum Gasteiger partial charge on any atom is 0.143 e. The highest BCUT2D eigenvalue weighted by Crippen LogP contribution is 2.53. The summed E-state index contributed by atoms with van der Waals surface area (Å²) in [6.45, 7) is 1.71. The van der Waals surface area contributed by atoms with Gasteiger partial charge in [0.05, 0.1) is 5.54 Å². The Hall–Kier alpha value is 0.320. The molecule has 1 rings (SSSR count). The first-order valence-electron chi connectivity index (χ1n) is 2.22. The van der Waals surface area contributed by atoms with Crippen LogP contribution in [-0.2, 0) is 0 Å². The average molecular weight is 121 g/mol. The summed E-state index contributed by atoms with van der Waals surface area (Å²) in [5.74, 6) is 0. The van der Waals surface area contributed by atoms with Crippen molar-refractivity contribution in [2.24, 2.45) is 5.73 Å². The van der Waals surface area contributed by atoms with Crippen molar-refractivity contribution in [3.05, 3.63) is 0 Å². The van der Waals surface area contributed by atoms with Gasteiger partial charge in [-0.3, -0.25) is 0 Å². The SMILES string of the molecule is CC1(N)CC1(F)P. The lowest BCUT2D eigenvalue weighted by molar-refractivity contribution is 0.390. The Balaban J connectivity index is 2.59. The van der Waals surface area contributed by atoms with Crippen molar-refractivity contribution in [3.63, 3.8) is 0 Å². The third-order valence-corrected chi connectivity index (χ3v) is 2.31. The number of hydrogen-bond donors (Lipinski definition) is 1. The number of alkyl halides is 1. The highest BCUT2D eigenvalue weighted by Gasteiger charge is 2.60. The predicted molar refractivity (Wildman–Crippen MR) is 30.8 cm³/mol. The second-order valence-electron chi connectivity index (χ2n) is 2.46. The fourth-order valence-corrected chi connectivity index (χ4v) is 0.914. The summed E-state index contributed by atoms with van der Waals surface area (Å²) in [4.78, 5) is 0. The van der Waals surface area contributed by atoms with Gasteiger partial charge in [0.1, 0.15) is 5.41 Å². The van der Waals surface area contributed by atoms with Crippen LogP contribution in [-0.4, -0.2) is 10.9 Å². The number of nitrogens with two attached hydrogens (primary N) is 1. The molecule has 1 saturated carbocycles. The Kier molecular flexibility index (Phi) is 0.786. The molecule has 1 fully saturated rings. The van der Waals surface area contributed by atoms with Crippen LogP contribution in [0.2, 0.25) is 0 Å². The Labute approximate surface area is 44.7 Å². The maximum atomic E-state index is 12.4. The number of halogens is 1. The van der Waals surface area contributed by atoms with Crippen LogP contribution in [0.4, 0.5) is 4.39 Å². The Bertz CT molecular complexity index is 87.9. The lowest BCUT2D eigenvalue weighted by Gasteiger charge is -2.00. The zero-order valence-electron chi connectivity index (χ0n) is 4.24. The van der Waals surface area contributed by atoms with Crippen LogP contribution in [0.1, 0.15) is 13.3 Å². The van der Waals surface area contributed by atoms with Crippen molar-refractivity contribution in [3.8, 4) is 0 Å². The predicted octanol–water partition coefficient (Wildman–Crippen LogP) is 0.648. The van der Waals surface area contributed by atoms with Crippen LogP contribution in [0.5, 0.6) is 0 Å². The first-order valence-corrected chi connectivity index (χ1v) is 2.80. The minimum Gasteiger partial charge on any atom is -0.322 e. The summed E-state index contributed by atoms with van der Waals surface area (Å²) in [5.41, 5.74) is 4.79. The summed E-state index contributed by atoms with van der Waals surface area (Å²) in [5, 5.41) is -1.16. The van der Waals surface area contributed by atoms with Crippen LogP contribution >= 0.6 is 9.24 Å². The van der Waals surface area contributed by atoms with Gasteiger partial charge in [0, 0.05) is 6.42 Å². The van der Waals surface area contributed by atoms with Gasteiger partial charge in [-0.25, -0.2) is 4.39 Å². The largest absolute Gasteiger partial charge is 0.322 e. The molecule has 3 unspecified atom stereocenters. The van der Waals surface area contributed by atoms with Crippen LogP contribution in [0.15, 0.2) is 0 Å². The fraction of sp³-hybridized carbons (Fsp3) is 1.00. The van der Waals surface area contributed by atoms with Gasteiger partial charge in [0.15, 0.2) is 0 Å². The quantitative estimate of drug-likeness (QED) is 0.468. The second kappa shape index (κ2) is 1.01. The van der Waals surface area contributed by atoms with Gasteiger partial charge < -0.3 is 5.73 Å². The van der Waals surface area contributed by atoms with Gasteiger partial charge in [-0.2, -0.15) is 0 Å². The average Bonchev–Trinajstić information content (AvgIpc) is 1.63. The normalized spacial score (nSPS) is 60.0. The molecule has 7 heavy (non-hydrogen) atoms. The summed E-state index contributed by atoms with van der Waals surface area (Å²) in [6.07, 6.45) is 0.477. The van der Waals surface area contributed by atoms with E-state index in [4.69, 9.17) is 5.73 Å². The molecule has 42 valence electrons. The van der Waals surface area contributed by atoms with Crippen LogP contribution in [0.3, 0.4) is 0 Å². The van der Waals surface area contributed by atoms with Gasteiger partial charge in [0.25, 0.3) is 0 Å². The highest BCUT2D eigenvalue weighted by molar-refractivity contribution is 7.19. The minimum atomic E-state index is -1.16. The van der Waals surface area contributed by atoms with Gasteiger partial charge in [-0.05, 0) is 6.92 Å². The van der Waals surface area contributed by atoms with E-state index in [1.165, 1.54) is 0 Å². The molecular formula is C4H9FNP. The van der Waals surface area contributed by atoms with Gasteiger partial charge >= 0.3 is 0 Å². The van der Waals surface area contributed by atoms with Crippen molar-refractivity contribution in [1.82, 2.24) is 0 Å². The molecule has 0 bridgehead atoms. The van der Waals surface area contributed by atoms with Gasteiger partial charge in [-0.15, -0.1) is 0 Å². The lowest BCUT2D eigenvalue weighted by Crippen LogP contribution is -2.23. The molecule has 0 aromatic carbocycles. The molecule has 2 N–H and O–H groups in total. The second-order valence-corrected chi connectivity index (χ2v) is 3.37. The molecule has 0 amide bonds. The van der Waals surface area contributed by atoms with E-state index in [2.05, 4.69) is 9.24 Å². The van der Waals surface area contributed by atoms with E-state index in [-0.39, 0.29) is 0 Å². The Morgan fingerprint density at radius 3 is 2.00 bits per heavy atom. The lowest BCUT2D eigenvalue weighted by atomic mass is 10.4. The standard InChI is InChI=1S/C4H9FNP/c1-3(6)2-4(3,5)7/h2,6-7H2,1H3. The molecule has 1 aliphatic carbocycles. The summed E-state index contributed by atoms with van der Waals surface area (Å²) >= 11 is 0. The van der Waals surface area contributed by atoms with Crippen molar-refractivity contribution >= 4 is 9.24 Å². The van der Waals surface area contributed by atoms with E-state index in [0.717, 1.165) is 0 Å². The summed E-state index contributed by atoms with van der Waals surface area (Å²) in [7, 11) is 2.10. The molecule has 0 radical (unpaired) electrons. The van der Waals surface area contributed by atoms with Crippen LogP contribution < -0.4 is 5.73 Å². The number of rotatable bonds is 0. The first kappa shape index (κ1) is 5.46. The van der Waals surface area contributed by atoms with Crippen LogP contribution in [0, 0.1) is 0 Å².